The van der Waals surface area contributed by atoms with Crippen molar-refractivity contribution < 1.29 is 28.5 Å². The Balaban J connectivity index is 2.02. The van der Waals surface area contributed by atoms with Crippen molar-refractivity contribution in [1.82, 2.24) is 14.9 Å². The molecule has 1 aliphatic heterocycles. The highest BCUT2D eigenvalue weighted by molar-refractivity contribution is 5.98. The summed E-state index contributed by atoms with van der Waals surface area (Å²) in [5.74, 6) is 0.468. The van der Waals surface area contributed by atoms with Gasteiger partial charge < -0.3 is 28.8 Å². The smallest absolute Gasteiger partial charge is 0.329 e. The largest absolute Gasteiger partial charge is 0.490 e. The maximum absolute atomic E-state index is 13.5. The van der Waals surface area contributed by atoms with Crippen LogP contribution in [0.5, 0.6) is 17.2 Å². The first-order valence-electron chi connectivity index (χ1n) is 10.00. The molecule has 0 spiro atoms. The summed E-state index contributed by atoms with van der Waals surface area (Å²) in [6.07, 6.45) is 1.84. The van der Waals surface area contributed by atoms with Gasteiger partial charge >= 0.3 is 5.97 Å². The van der Waals surface area contributed by atoms with E-state index in [9.17, 15) is 9.59 Å². The zero-order valence-corrected chi connectivity index (χ0v) is 17.7. The number of ether oxygens (including phenoxy) is 4. The van der Waals surface area contributed by atoms with Gasteiger partial charge in [-0.2, -0.15) is 0 Å². The number of aromatic amines is 1. The second-order valence-electron chi connectivity index (χ2n) is 6.60. The van der Waals surface area contributed by atoms with Gasteiger partial charge in [-0.1, -0.05) is 0 Å². The standard InChI is InChI=1S/C21H27N3O6/c1-5-28-17-8-13(9-18(29-6-2)19(17)30-7-3)20(25)24-11-15-14(22-12-23-15)10-16(24)21(26)27-4/h8-9,12,16H,5-7,10-11H2,1-4H3,(H,22,23). The van der Waals surface area contributed by atoms with Crippen LogP contribution in [0.4, 0.5) is 0 Å². The molecule has 1 amide bonds. The van der Waals surface area contributed by atoms with Gasteiger partial charge in [-0.25, -0.2) is 9.78 Å². The van der Waals surface area contributed by atoms with Crippen LogP contribution in [0.3, 0.4) is 0 Å². The molecule has 0 fully saturated rings. The highest BCUT2D eigenvalue weighted by Crippen LogP contribution is 2.40. The van der Waals surface area contributed by atoms with Gasteiger partial charge in [-0.15, -0.1) is 0 Å². The van der Waals surface area contributed by atoms with Crippen molar-refractivity contribution >= 4 is 11.9 Å². The second kappa shape index (κ2) is 9.51. The third-order valence-corrected chi connectivity index (χ3v) is 4.79. The molecule has 1 aromatic carbocycles. The van der Waals surface area contributed by atoms with E-state index in [1.54, 1.807) is 18.5 Å². The first-order valence-corrected chi connectivity index (χ1v) is 10.00. The highest BCUT2D eigenvalue weighted by atomic mass is 16.5. The van der Waals surface area contributed by atoms with Crippen LogP contribution >= 0.6 is 0 Å². The van der Waals surface area contributed by atoms with Crippen molar-refractivity contribution in [2.45, 2.75) is 39.8 Å². The van der Waals surface area contributed by atoms with Gasteiger partial charge in [-0.3, -0.25) is 4.79 Å². The molecular formula is C21H27N3O6. The number of nitrogens with one attached hydrogen (secondary N) is 1. The van der Waals surface area contributed by atoms with E-state index in [2.05, 4.69) is 9.97 Å². The lowest BCUT2D eigenvalue weighted by Gasteiger charge is -2.33. The normalized spacial score (nSPS) is 15.3. The van der Waals surface area contributed by atoms with Crippen LogP contribution in [0.1, 0.15) is 42.5 Å². The molecule has 9 nitrogen and oxygen atoms in total. The average molecular weight is 417 g/mol. The highest BCUT2D eigenvalue weighted by Gasteiger charge is 2.37. The fraction of sp³-hybridized carbons (Fsp3) is 0.476. The van der Waals surface area contributed by atoms with Crippen LogP contribution in [0.2, 0.25) is 0 Å². The topological polar surface area (TPSA) is 103 Å². The summed E-state index contributed by atoms with van der Waals surface area (Å²) in [5.41, 5.74) is 1.89. The number of aromatic nitrogens is 2. The monoisotopic (exact) mass is 417 g/mol. The maximum atomic E-state index is 13.5. The first-order chi connectivity index (χ1) is 14.5. The number of imidazole rings is 1. The van der Waals surface area contributed by atoms with Gasteiger partial charge in [0.15, 0.2) is 11.5 Å². The number of amides is 1. The van der Waals surface area contributed by atoms with Gasteiger partial charge in [-0.05, 0) is 32.9 Å². The predicted molar refractivity (Wildman–Crippen MR) is 108 cm³/mol. The van der Waals surface area contributed by atoms with Crippen molar-refractivity contribution in [3.05, 3.63) is 35.4 Å². The number of carbonyl (C=O) groups is 2. The Morgan fingerprint density at radius 1 is 1.10 bits per heavy atom. The summed E-state index contributed by atoms with van der Waals surface area (Å²) >= 11 is 0. The summed E-state index contributed by atoms with van der Waals surface area (Å²) in [4.78, 5) is 34.6. The third-order valence-electron chi connectivity index (χ3n) is 4.79. The van der Waals surface area contributed by atoms with Crippen LogP contribution in [-0.2, 0) is 22.5 Å². The number of benzene rings is 1. The zero-order chi connectivity index (χ0) is 21.7. The molecule has 1 aliphatic rings. The van der Waals surface area contributed by atoms with Crippen LogP contribution < -0.4 is 14.2 Å². The molecule has 3 rings (SSSR count). The average Bonchev–Trinajstić information content (AvgIpc) is 3.21. The lowest BCUT2D eigenvalue weighted by molar-refractivity contribution is -0.146. The maximum Gasteiger partial charge on any atom is 0.329 e. The van der Waals surface area contributed by atoms with Gasteiger partial charge in [0.1, 0.15) is 6.04 Å². The van der Waals surface area contributed by atoms with Crippen molar-refractivity contribution in [1.29, 1.82) is 0 Å². The molecule has 0 bridgehead atoms. The lowest BCUT2D eigenvalue weighted by atomic mass is 10.0. The lowest BCUT2D eigenvalue weighted by Crippen LogP contribution is -2.49. The number of H-pyrrole nitrogens is 1. The SMILES string of the molecule is CCOc1cc(C(=O)N2Cc3[nH]cnc3CC2C(=O)OC)cc(OCC)c1OCC. The molecule has 1 N–H and O–H groups in total. The molecule has 1 unspecified atom stereocenters. The van der Waals surface area contributed by atoms with Crippen molar-refractivity contribution in [2.75, 3.05) is 26.9 Å². The van der Waals surface area contributed by atoms with Crippen molar-refractivity contribution in [3.63, 3.8) is 0 Å². The van der Waals surface area contributed by atoms with E-state index in [-0.39, 0.29) is 18.9 Å². The summed E-state index contributed by atoms with van der Waals surface area (Å²) in [6.45, 7) is 7.00. The Morgan fingerprint density at radius 2 is 1.73 bits per heavy atom. The molecule has 0 saturated heterocycles. The Bertz CT molecular complexity index is 883. The predicted octanol–water partition coefficient (Wildman–Crippen LogP) is 2.35. The van der Waals surface area contributed by atoms with E-state index in [0.717, 1.165) is 11.4 Å². The Morgan fingerprint density at radius 3 is 2.30 bits per heavy atom. The number of nitrogens with zero attached hydrogens (tertiary/aromatic N) is 2. The molecule has 162 valence electrons. The molecule has 1 aromatic heterocycles. The van der Waals surface area contributed by atoms with Crippen LogP contribution in [0.25, 0.3) is 0 Å². The third kappa shape index (κ3) is 4.19. The fourth-order valence-corrected chi connectivity index (χ4v) is 3.47. The Hall–Kier alpha value is -3.23. The van der Waals surface area contributed by atoms with Gasteiger partial charge in [0.05, 0.1) is 51.2 Å². The number of esters is 1. The summed E-state index contributed by atoms with van der Waals surface area (Å²) in [7, 11) is 1.31. The van der Waals surface area contributed by atoms with E-state index < -0.39 is 12.0 Å². The molecule has 0 aliphatic carbocycles. The van der Waals surface area contributed by atoms with Crippen molar-refractivity contribution in [3.8, 4) is 17.2 Å². The summed E-state index contributed by atoms with van der Waals surface area (Å²) in [6, 6.07) is 2.47. The number of rotatable bonds is 8. The molecule has 2 heterocycles. The van der Waals surface area contributed by atoms with Crippen LogP contribution in [0, 0.1) is 0 Å². The minimum atomic E-state index is -0.768. The van der Waals surface area contributed by atoms with E-state index >= 15 is 0 Å². The van der Waals surface area contributed by atoms with E-state index in [0.29, 0.717) is 42.6 Å². The van der Waals surface area contributed by atoms with Crippen LogP contribution in [0.15, 0.2) is 18.5 Å². The number of carbonyl (C=O) groups excluding carboxylic acids is 2. The number of hydrogen-bond donors (Lipinski definition) is 1. The molecule has 0 saturated carbocycles. The van der Waals surface area contributed by atoms with E-state index in [1.807, 2.05) is 20.8 Å². The summed E-state index contributed by atoms with van der Waals surface area (Å²) < 4.78 is 22.1. The van der Waals surface area contributed by atoms with Gasteiger partial charge in [0, 0.05) is 12.0 Å². The van der Waals surface area contributed by atoms with Gasteiger partial charge in [0.2, 0.25) is 5.75 Å². The number of fused-ring (bicyclic) bond motifs is 1. The minimum absolute atomic E-state index is 0.217. The summed E-state index contributed by atoms with van der Waals surface area (Å²) in [5, 5.41) is 0. The second-order valence-corrected chi connectivity index (χ2v) is 6.60. The molecule has 9 heteroatoms. The van der Waals surface area contributed by atoms with Crippen molar-refractivity contribution in [2.24, 2.45) is 0 Å². The molecule has 30 heavy (non-hydrogen) atoms. The Labute approximate surface area is 175 Å². The Kier molecular flexibility index (Phi) is 6.81. The molecular weight excluding hydrogens is 390 g/mol. The minimum Gasteiger partial charge on any atom is -0.490 e. The fourth-order valence-electron chi connectivity index (χ4n) is 3.47. The number of methoxy groups -OCH3 is 1. The molecule has 2 aromatic rings. The number of hydrogen-bond acceptors (Lipinski definition) is 7. The van der Waals surface area contributed by atoms with E-state index in [1.165, 1.54) is 12.0 Å². The first kappa shape index (κ1) is 21.5. The van der Waals surface area contributed by atoms with Crippen LogP contribution in [-0.4, -0.2) is 59.7 Å². The van der Waals surface area contributed by atoms with Gasteiger partial charge in [0.25, 0.3) is 5.91 Å². The zero-order valence-electron chi connectivity index (χ0n) is 17.7. The quantitative estimate of drug-likeness (QED) is 0.658. The van der Waals surface area contributed by atoms with E-state index in [4.69, 9.17) is 18.9 Å². The molecule has 0 radical (unpaired) electrons. The molecule has 1 atom stereocenters.